The van der Waals surface area contributed by atoms with E-state index < -0.39 is 26.7 Å². The predicted molar refractivity (Wildman–Crippen MR) is 73.6 cm³/mol. The molecule has 1 atom stereocenters. The summed E-state index contributed by atoms with van der Waals surface area (Å²) in [6, 6.07) is 0. The fraction of sp³-hybridized carbons (Fsp3) is 0.444. The van der Waals surface area contributed by atoms with Crippen molar-refractivity contribution in [3.05, 3.63) is 11.6 Å². The van der Waals surface area contributed by atoms with Crippen LogP contribution >= 0.6 is 19.2 Å². The highest BCUT2D eigenvalue weighted by Gasteiger charge is 2.19. The van der Waals surface area contributed by atoms with Gasteiger partial charge in [0.2, 0.25) is 5.28 Å². The summed E-state index contributed by atoms with van der Waals surface area (Å²) < 4.78 is 17.2. The minimum Gasteiger partial charge on any atom is -0.394 e. The molecule has 0 aliphatic rings. The largest absolute Gasteiger partial charge is 0.394 e. The number of halogens is 1. The average molecular weight is 338 g/mol. The van der Waals surface area contributed by atoms with Crippen molar-refractivity contribution in [1.29, 1.82) is 0 Å². The SMILES string of the molecule is Nc1nc(Cl)nc2c1ncn2C[C@@H](CO)OCP(=O)(O)O. The van der Waals surface area contributed by atoms with Gasteiger partial charge >= 0.3 is 7.60 Å². The first-order valence-corrected chi connectivity index (χ1v) is 7.88. The summed E-state index contributed by atoms with van der Waals surface area (Å²) in [7, 11) is -4.31. The standard InChI is InChI=1S/C9H13ClN5O5P/c10-9-13-7(11)6-8(14-9)15(3-12-6)1-5(2-16)20-4-21(17,18)19/h3,5,16H,1-2,4H2,(H2,11,13,14)(H2,17,18,19)/t5-/m0/s1. The van der Waals surface area contributed by atoms with Crippen LogP contribution in [0.3, 0.4) is 0 Å². The Morgan fingerprint density at radius 3 is 2.81 bits per heavy atom. The van der Waals surface area contributed by atoms with E-state index in [1.165, 1.54) is 10.9 Å². The number of nitrogens with zero attached hydrogens (tertiary/aromatic N) is 4. The van der Waals surface area contributed by atoms with Crippen LogP contribution in [0.5, 0.6) is 0 Å². The number of rotatable bonds is 6. The van der Waals surface area contributed by atoms with Crippen LogP contribution in [-0.2, 0) is 15.8 Å². The van der Waals surface area contributed by atoms with Gasteiger partial charge < -0.3 is 29.9 Å². The van der Waals surface area contributed by atoms with Crippen molar-refractivity contribution < 1.29 is 24.2 Å². The van der Waals surface area contributed by atoms with E-state index in [1.54, 1.807) is 0 Å². The Kier molecular flexibility index (Phi) is 4.77. The van der Waals surface area contributed by atoms with Crippen molar-refractivity contribution in [1.82, 2.24) is 19.5 Å². The molecule has 0 radical (unpaired) electrons. The third-order valence-electron chi connectivity index (χ3n) is 2.55. The Morgan fingerprint density at radius 2 is 2.19 bits per heavy atom. The van der Waals surface area contributed by atoms with Gasteiger partial charge in [-0.3, -0.25) is 4.57 Å². The maximum absolute atomic E-state index is 10.8. The summed E-state index contributed by atoms with van der Waals surface area (Å²) in [6.45, 7) is -0.367. The Bertz CT molecular complexity index is 688. The Balaban J connectivity index is 2.20. The fourth-order valence-corrected chi connectivity index (χ4v) is 2.23. The summed E-state index contributed by atoms with van der Waals surface area (Å²) in [4.78, 5) is 29.3. The van der Waals surface area contributed by atoms with Crippen LogP contribution in [0, 0.1) is 0 Å². The molecule has 0 saturated heterocycles. The molecule has 116 valence electrons. The van der Waals surface area contributed by atoms with Gasteiger partial charge in [0.25, 0.3) is 0 Å². The Labute approximate surface area is 123 Å². The first-order valence-electron chi connectivity index (χ1n) is 5.71. The molecule has 0 spiro atoms. The molecule has 2 rings (SSSR count). The van der Waals surface area contributed by atoms with Gasteiger partial charge in [-0.1, -0.05) is 0 Å². The fourth-order valence-electron chi connectivity index (χ4n) is 1.66. The summed E-state index contributed by atoms with van der Waals surface area (Å²) in [5, 5.41) is 9.15. The van der Waals surface area contributed by atoms with Crippen LogP contribution in [0.4, 0.5) is 5.82 Å². The molecule has 0 fully saturated rings. The molecule has 0 aromatic carbocycles. The van der Waals surface area contributed by atoms with E-state index in [0.717, 1.165) is 0 Å². The third kappa shape index (κ3) is 4.10. The van der Waals surface area contributed by atoms with Gasteiger partial charge in [0.15, 0.2) is 11.5 Å². The van der Waals surface area contributed by atoms with E-state index in [2.05, 4.69) is 15.0 Å². The number of ether oxygens (including phenoxy) is 1. The van der Waals surface area contributed by atoms with Crippen molar-refractivity contribution in [3.63, 3.8) is 0 Å². The monoisotopic (exact) mass is 337 g/mol. The quantitative estimate of drug-likeness (QED) is 0.405. The molecule has 5 N–H and O–H groups in total. The number of nitrogens with two attached hydrogens (primary N) is 1. The minimum absolute atomic E-state index is 0.0570. The molecule has 2 aromatic rings. The summed E-state index contributed by atoms with van der Waals surface area (Å²) >= 11 is 5.72. The average Bonchev–Trinajstić information content (AvgIpc) is 2.76. The molecule has 0 unspecified atom stereocenters. The third-order valence-corrected chi connectivity index (χ3v) is 3.20. The maximum atomic E-state index is 10.8. The van der Waals surface area contributed by atoms with E-state index in [9.17, 15) is 9.67 Å². The van der Waals surface area contributed by atoms with Crippen molar-refractivity contribution in [2.45, 2.75) is 12.6 Å². The van der Waals surface area contributed by atoms with Crippen molar-refractivity contribution in [2.75, 3.05) is 18.7 Å². The van der Waals surface area contributed by atoms with Gasteiger partial charge in [-0.15, -0.1) is 0 Å². The molecule has 2 heterocycles. The van der Waals surface area contributed by atoms with Gasteiger partial charge in [-0.05, 0) is 11.6 Å². The highest BCUT2D eigenvalue weighted by Crippen LogP contribution is 2.34. The second-order valence-electron chi connectivity index (χ2n) is 4.21. The lowest BCUT2D eigenvalue weighted by Crippen LogP contribution is -2.24. The molecule has 21 heavy (non-hydrogen) atoms. The van der Waals surface area contributed by atoms with Gasteiger partial charge in [0, 0.05) is 0 Å². The van der Waals surface area contributed by atoms with Crippen LogP contribution in [0.15, 0.2) is 6.33 Å². The summed E-state index contributed by atoms with van der Waals surface area (Å²) in [5.41, 5.74) is 6.33. The second-order valence-corrected chi connectivity index (χ2v) is 6.14. The number of nitrogen functional groups attached to an aromatic ring is 1. The van der Waals surface area contributed by atoms with E-state index in [-0.39, 0.29) is 17.6 Å². The van der Waals surface area contributed by atoms with E-state index in [0.29, 0.717) is 11.2 Å². The molecule has 0 aliphatic heterocycles. The van der Waals surface area contributed by atoms with Crippen molar-refractivity contribution in [2.24, 2.45) is 0 Å². The number of anilines is 1. The van der Waals surface area contributed by atoms with Gasteiger partial charge in [-0.25, -0.2) is 4.98 Å². The number of aliphatic hydroxyl groups excluding tert-OH is 1. The highest BCUT2D eigenvalue weighted by atomic mass is 35.5. The topological polar surface area (TPSA) is 157 Å². The van der Waals surface area contributed by atoms with E-state index in [4.69, 9.17) is 31.9 Å². The normalized spacial score (nSPS) is 13.7. The van der Waals surface area contributed by atoms with Crippen LogP contribution in [-0.4, -0.2) is 53.5 Å². The zero-order chi connectivity index (χ0) is 15.6. The van der Waals surface area contributed by atoms with Crippen LogP contribution < -0.4 is 5.73 Å². The number of imidazole rings is 1. The maximum Gasteiger partial charge on any atom is 0.350 e. The number of fused-ring (bicyclic) bond motifs is 1. The molecule has 0 saturated carbocycles. The van der Waals surface area contributed by atoms with Crippen LogP contribution in [0.25, 0.3) is 11.2 Å². The molecule has 10 nitrogen and oxygen atoms in total. The van der Waals surface area contributed by atoms with Gasteiger partial charge in [-0.2, -0.15) is 9.97 Å². The first kappa shape index (κ1) is 16.1. The molecular formula is C9H13ClN5O5P. The number of hydrogen-bond donors (Lipinski definition) is 4. The highest BCUT2D eigenvalue weighted by molar-refractivity contribution is 7.51. The van der Waals surface area contributed by atoms with Crippen molar-refractivity contribution >= 4 is 36.2 Å². The lowest BCUT2D eigenvalue weighted by molar-refractivity contribution is 0.0202. The Hall–Kier alpha value is -1.29. The van der Waals surface area contributed by atoms with Gasteiger partial charge in [0.05, 0.1) is 25.6 Å². The zero-order valence-electron chi connectivity index (χ0n) is 10.6. The predicted octanol–water partition coefficient (Wildman–Crippen LogP) is -0.425. The summed E-state index contributed by atoms with van der Waals surface area (Å²) in [5.74, 6) is 0.112. The number of aromatic nitrogens is 4. The molecular weight excluding hydrogens is 325 g/mol. The van der Waals surface area contributed by atoms with E-state index >= 15 is 0 Å². The molecule has 0 bridgehead atoms. The van der Waals surface area contributed by atoms with Crippen LogP contribution in [0.2, 0.25) is 5.28 Å². The lowest BCUT2D eigenvalue weighted by Gasteiger charge is -2.16. The second kappa shape index (κ2) is 6.22. The van der Waals surface area contributed by atoms with Crippen molar-refractivity contribution in [3.8, 4) is 0 Å². The van der Waals surface area contributed by atoms with E-state index in [1.807, 2.05) is 0 Å². The number of hydrogen-bond acceptors (Lipinski definition) is 7. The molecule has 12 heteroatoms. The zero-order valence-corrected chi connectivity index (χ0v) is 12.3. The number of aliphatic hydroxyl groups is 1. The molecule has 0 aliphatic carbocycles. The Morgan fingerprint density at radius 1 is 1.48 bits per heavy atom. The summed E-state index contributed by atoms with van der Waals surface area (Å²) in [6.07, 6.45) is -0.233. The van der Waals surface area contributed by atoms with Gasteiger partial charge in [0.1, 0.15) is 11.9 Å². The molecule has 0 amide bonds. The first-order chi connectivity index (χ1) is 9.80. The minimum atomic E-state index is -4.31. The smallest absolute Gasteiger partial charge is 0.350 e. The lowest BCUT2D eigenvalue weighted by atomic mass is 10.3. The van der Waals surface area contributed by atoms with Crippen LogP contribution in [0.1, 0.15) is 0 Å². The molecule has 2 aromatic heterocycles.